The summed E-state index contributed by atoms with van der Waals surface area (Å²) in [6, 6.07) is 7.45. The van der Waals surface area contributed by atoms with Crippen LogP contribution in [-0.4, -0.2) is 24.5 Å². The number of rotatable bonds is 6. The Kier molecular flexibility index (Phi) is 3.80. The molecule has 0 spiro atoms. The van der Waals surface area contributed by atoms with Gasteiger partial charge in [-0.05, 0) is 19.1 Å². The standard InChI is InChI=1S/C14H14ClNO4/c1-9-14(15)13(20-16-9)8-19-12-5-3-2-4-11(12)18-7-10-6-17-10/h2-5,10H,6-8H2,1H3. The smallest absolute Gasteiger partial charge is 0.192 e. The fourth-order valence-corrected chi connectivity index (χ4v) is 1.80. The second-order valence-corrected chi connectivity index (χ2v) is 4.88. The van der Waals surface area contributed by atoms with Crippen LogP contribution in [0.5, 0.6) is 11.5 Å². The molecule has 0 amide bonds. The van der Waals surface area contributed by atoms with E-state index in [1.54, 1.807) is 6.92 Å². The van der Waals surface area contributed by atoms with Crippen LogP contribution in [0.1, 0.15) is 11.5 Å². The molecule has 6 heteroatoms. The number of hydrogen-bond acceptors (Lipinski definition) is 5. The van der Waals surface area contributed by atoms with E-state index < -0.39 is 0 Å². The SMILES string of the molecule is Cc1noc(COc2ccccc2OCC2CO2)c1Cl. The molecule has 1 saturated heterocycles. The molecule has 1 aliphatic heterocycles. The van der Waals surface area contributed by atoms with E-state index >= 15 is 0 Å². The van der Waals surface area contributed by atoms with Gasteiger partial charge in [-0.25, -0.2) is 0 Å². The fraction of sp³-hybridized carbons (Fsp3) is 0.357. The van der Waals surface area contributed by atoms with Crippen molar-refractivity contribution in [2.75, 3.05) is 13.2 Å². The number of ether oxygens (including phenoxy) is 3. The molecular weight excluding hydrogens is 282 g/mol. The largest absolute Gasteiger partial charge is 0.487 e. The van der Waals surface area contributed by atoms with Gasteiger partial charge in [0.05, 0.1) is 12.3 Å². The van der Waals surface area contributed by atoms with Gasteiger partial charge in [-0.2, -0.15) is 0 Å². The van der Waals surface area contributed by atoms with Crippen LogP contribution >= 0.6 is 11.6 Å². The van der Waals surface area contributed by atoms with Crippen molar-refractivity contribution in [2.45, 2.75) is 19.6 Å². The molecule has 1 aromatic carbocycles. The zero-order chi connectivity index (χ0) is 13.9. The van der Waals surface area contributed by atoms with Gasteiger partial charge in [0.2, 0.25) is 0 Å². The van der Waals surface area contributed by atoms with E-state index in [9.17, 15) is 0 Å². The second-order valence-electron chi connectivity index (χ2n) is 4.51. The first-order valence-corrected chi connectivity index (χ1v) is 6.68. The maximum absolute atomic E-state index is 6.04. The van der Waals surface area contributed by atoms with Crippen LogP contribution in [0.25, 0.3) is 0 Å². The number of benzene rings is 1. The molecule has 1 unspecified atom stereocenters. The fourth-order valence-electron chi connectivity index (χ4n) is 1.67. The first kappa shape index (κ1) is 13.3. The molecule has 1 fully saturated rings. The summed E-state index contributed by atoms with van der Waals surface area (Å²) >= 11 is 6.04. The van der Waals surface area contributed by atoms with Crippen molar-refractivity contribution in [1.29, 1.82) is 0 Å². The van der Waals surface area contributed by atoms with Gasteiger partial charge in [-0.1, -0.05) is 28.9 Å². The molecule has 1 atom stereocenters. The average Bonchev–Trinajstić information content (AvgIpc) is 3.24. The van der Waals surface area contributed by atoms with Gasteiger partial charge in [0.1, 0.15) is 17.7 Å². The summed E-state index contributed by atoms with van der Waals surface area (Å²) in [6.07, 6.45) is 0.203. The third kappa shape index (κ3) is 3.05. The molecule has 2 heterocycles. The maximum Gasteiger partial charge on any atom is 0.192 e. The van der Waals surface area contributed by atoms with Gasteiger partial charge in [-0.15, -0.1) is 0 Å². The van der Waals surface area contributed by atoms with E-state index in [-0.39, 0.29) is 12.7 Å². The topological polar surface area (TPSA) is 57.0 Å². The number of para-hydroxylation sites is 2. The molecule has 0 saturated carbocycles. The monoisotopic (exact) mass is 295 g/mol. The van der Waals surface area contributed by atoms with Crippen LogP contribution in [0, 0.1) is 6.92 Å². The Morgan fingerprint density at radius 3 is 2.60 bits per heavy atom. The van der Waals surface area contributed by atoms with Crippen molar-refractivity contribution in [3.8, 4) is 11.5 Å². The zero-order valence-corrected chi connectivity index (χ0v) is 11.7. The van der Waals surface area contributed by atoms with E-state index in [1.807, 2.05) is 24.3 Å². The van der Waals surface area contributed by atoms with Gasteiger partial charge in [0.25, 0.3) is 0 Å². The molecular formula is C14H14ClNO4. The Balaban J connectivity index is 1.65. The van der Waals surface area contributed by atoms with Crippen molar-refractivity contribution in [3.05, 3.63) is 40.7 Å². The summed E-state index contributed by atoms with van der Waals surface area (Å²) in [7, 11) is 0. The Morgan fingerprint density at radius 1 is 1.30 bits per heavy atom. The van der Waals surface area contributed by atoms with Crippen LogP contribution in [0.3, 0.4) is 0 Å². The highest BCUT2D eigenvalue weighted by atomic mass is 35.5. The Bertz CT molecular complexity index is 595. The lowest BCUT2D eigenvalue weighted by atomic mass is 10.3. The van der Waals surface area contributed by atoms with Crippen molar-refractivity contribution in [1.82, 2.24) is 5.16 Å². The molecule has 3 rings (SSSR count). The molecule has 2 aromatic rings. The molecule has 5 nitrogen and oxygen atoms in total. The zero-order valence-electron chi connectivity index (χ0n) is 11.0. The van der Waals surface area contributed by atoms with E-state index in [1.165, 1.54) is 0 Å². The average molecular weight is 296 g/mol. The first-order chi connectivity index (χ1) is 9.74. The number of halogens is 1. The van der Waals surface area contributed by atoms with Crippen LogP contribution in [0.2, 0.25) is 5.02 Å². The predicted molar refractivity (Wildman–Crippen MR) is 72.3 cm³/mol. The number of epoxide rings is 1. The van der Waals surface area contributed by atoms with Gasteiger partial charge in [-0.3, -0.25) is 0 Å². The molecule has 0 N–H and O–H groups in total. The minimum absolute atomic E-state index is 0.203. The van der Waals surface area contributed by atoms with Crippen molar-refractivity contribution in [3.63, 3.8) is 0 Å². The van der Waals surface area contributed by atoms with E-state index in [0.717, 1.165) is 6.61 Å². The number of aromatic nitrogens is 1. The van der Waals surface area contributed by atoms with Gasteiger partial charge in [0.15, 0.2) is 23.9 Å². The van der Waals surface area contributed by atoms with Crippen molar-refractivity contribution < 1.29 is 18.7 Å². The quantitative estimate of drug-likeness (QED) is 0.767. The van der Waals surface area contributed by atoms with Crippen LogP contribution in [0.15, 0.2) is 28.8 Å². The third-order valence-corrected chi connectivity index (χ3v) is 3.37. The van der Waals surface area contributed by atoms with Crippen molar-refractivity contribution in [2.24, 2.45) is 0 Å². The Hall–Kier alpha value is -1.72. The Morgan fingerprint density at radius 2 is 2.00 bits per heavy atom. The van der Waals surface area contributed by atoms with Crippen molar-refractivity contribution >= 4 is 11.6 Å². The normalized spacial score (nSPS) is 17.0. The lowest BCUT2D eigenvalue weighted by Crippen LogP contribution is -2.05. The van der Waals surface area contributed by atoms with E-state index in [2.05, 4.69) is 5.16 Å². The van der Waals surface area contributed by atoms with Gasteiger partial charge in [0, 0.05) is 0 Å². The van der Waals surface area contributed by atoms with Crippen LogP contribution in [0.4, 0.5) is 0 Å². The highest BCUT2D eigenvalue weighted by molar-refractivity contribution is 6.31. The van der Waals surface area contributed by atoms with Gasteiger partial charge < -0.3 is 18.7 Å². The molecule has 1 aromatic heterocycles. The lowest BCUT2D eigenvalue weighted by molar-refractivity contribution is 0.220. The predicted octanol–water partition coefficient (Wildman–Crippen LogP) is 2.99. The lowest BCUT2D eigenvalue weighted by Gasteiger charge is -2.11. The van der Waals surface area contributed by atoms with Crippen LogP contribution < -0.4 is 9.47 Å². The van der Waals surface area contributed by atoms with Crippen LogP contribution in [-0.2, 0) is 11.3 Å². The summed E-state index contributed by atoms with van der Waals surface area (Å²) in [4.78, 5) is 0. The minimum Gasteiger partial charge on any atom is -0.487 e. The summed E-state index contributed by atoms with van der Waals surface area (Å²) in [6.45, 7) is 3.28. The summed E-state index contributed by atoms with van der Waals surface area (Å²) in [5, 5.41) is 4.28. The highest BCUT2D eigenvalue weighted by Gasteiger charge is 2.23. The number of aryl methyl sites for hydroxylation is 1. The van der Waals surface area contributed by atoms with E-state index in [0.29, 0.717) is 34.6 Å². The summed E-state index contributed by atoms with van der Waals surface area (Å²) in [5.41, 5.74) is 0.653. The molecule has 0 bridgehead atoms. The summed E-state index contributed by atoms with van der Waals surface area (Å²) in [5.74, 6) is 1.82. The van der Waals surface area contributed by atoms with E-state index in [4.69, 9.17) is 30.3 Å². The minimum atomic E-state index is 0.203. The highest BCUT2D eigenvalue weighted by Crippen LogP contribution is 2.29. The van der Waals surface area contributed by atoms with Gasteiger partial charge >= 0.3 is 0 Å². The number of hydrogen-bond donors (Lipinski definition) is 0. The molecule has 106 valence electrons. The molecule has 0 aliphatic carbocycles. The number of nitrogens with zero attached hydrogens (tertiary/aromatic N) is 1. The molecule has 0 radical (unpaired) electrons. The maximum atomic E-state index is 6.04. The first-order valence-electron chi connectivity index (χ1n) is 6.31. The second kappa shape index (κ2) is 5.73. The molecule has 20 heavy (non-hydrogen) atoms. The Labute approximate surface area is 121 Å². The molecule has 1 aliphatic rings. The summed E-state index contributed by atoms with van der Waals surface area (Å²) < 4.78 is 21.6. The third-order valence-electron chi connectivity index (χ3n) is 2.89.